The van der Waals surface area contributed by atoms with Gasteiger partial charge in [0.05, 0.1) is 24.5 Å². The quantitative estimate of drug-likeness (QED) is 0.265. The molecule has 0 bridgehead atoms. The number of aromatic nitrogens is 1. The summed E-state index contributed by atoms with van der Waals surface area (Å²) in [6.07, 6.45) is -7.75. The van der Waals surface area contributed by atoms with E-state index in [2.05, 4.69) is 14.7 Å². The highest BCUT2D eigenvalue weighted by atomic mass is 19.4. The van der Waals surface area contributed by atoms with E-state index in [-0.39, 0.29) is 31.1 Å². The Labute approximate surface area is 153 Å². The lowest BCUT2D eigenvalue weighted by atomic mass is 9.99. The molecule has 0 spiro atoms. The molecule has 1 heterocycles. The van der Waals surface area contributed by atoms with Gasteiger partial charge in [0.1, 0.15) is 5.69 Å². The molecule has 0 amide bonds. The first kappa shape index (κ1) is 22.8. The third-order valence-corrected chi connectivity index (χ3v) is 3.29. The zero-order valence-corrected chi connectivity index (χ0v) is 15.4. The normalized spacial score (nSPS) is 12.3. The second-order valence-electron chi connectivity index (χ2n) is 5.88. The molecule has 10 heteroatoms. The highest BCUT2D eigenvalue weighted by Crippen LogP contribution is 2.40. The van der Waals surface area contributed by atoms with E-state index in [0.717, 1.165) is 6.40 Å². The van der Waals surface area contributed by atoms with Crippen LogP contribution in [0, 0.1) is 5.92 Å². The first-order valence-electron chi connectivity index (χ1n) is 8.27. The third-order valence-electron chi connectivity index (χ3n) is 3.29. The Kier molecular flexibility index (Phi) is 8.11. The summed E-state index contributed by atoms with van der Waals surface area (Å²) in [6, 6.07) is 0. The van der Waals surface area contributed by atoms with E-state index >= 15 is 0 Å². The lowest BCUT2D eigenvalue weighted by Gasteiger charge is -2.18. The maximum absolute atomic E-state index is 13.4. The molecule has 1 aromatic heterocycles. The topological polar surface area (TPSA) is 60.8 Å². The number of alkyl halides is 5. The van der Waals surface area contributed by atoms with E-state index in [1.54, 1.807) is 0 Å². The van der Waals surface area contributed by atoms with Crippen molar-refractivity contribution in [2.75, 3.05) is 13.2 Å². The zero-order chi connectivity index (χ0) is 20.8. The van der Waals surface area contributed by atoms with Gasteiger partial charge >= 0.3 is 12.1 Å². The van der Waals surface area contributed by atoms with Crippen molar-refractivity contribution in [3.8, 4) is 0 Å². The SMILES string of the molecule is CCOC(=O)c1c(C(F)(F)F)nc(C(F)F)c(N=COCC(C)C)c1CC. The fourth-order valence-corrected chi connectivity index (χ4v) is 2.24. The predicted octanol–water partition coefficient (Wildman–Crippen LogP) is 5.11. The molecule has 0 aliphatic heterocycles. The van der Waals surface area contributed by atoms with Gasteiger partial charge in [-0.3, -0.25) is 0 Å². The number of rotatable bonds is 8. The van der Waals surface area contributed by atoms with Crippen LogP contribution in [0.15, 0.2) is 4.99 Å². The van der Waals surface area contributed by atoms with E-state index in [9.17, 15) is 26.7 Å². The van der Waals surface area contributed by atoms with Crippen molar-refractivity contribution in [3.63, 3.8) is 0 Å². The molecule has 0 fully saturated rings. The van der Waals surface area contributed by atoms with Gasteiger partial charge < -0.3 is 9.47 Å². The lowest BCUT2D eigenvalue weighted by molar-refractivity contribution is -0.142. The molecule has 1 rings (SSSR count). The second-order valence-corrected chi connectivity index (χ2v) is 5.88. The summed E-state index contributed by atoms with van der Waals surface area (Å²) in [5, 5.41) is 0. The van der Waals surface area contributed by atoms with Crippen molar-refractivity contribution in [3.05, 3.63) is 22.5 Å². The van der Waals surface area contributed by atoms with Crippen molar-refractivity contribution >= 4 is 18.1 Å². The summed E-state index contributed by atoms with van der Waals surface area (Å²) >= 11 is 0. The van der Waals surface area contributed by atoms with E-state index in [4.69, 9.17) is 4.74 Å². The van der Waals surface area contributed by atoms with Gasteiger partial charge in [-0.15, -0.1) is 0 Å². The molecule has 0 aromatic carbocycles. The average Bonchev–Trinajstić information content (AvgIpc) is 2.56. The van der Waals surface area contributed by atoms with E-state index < -0.39 is 41.2 Å². The van der Waals surface area contributed by atoms with Crippen LogP contribution in [0.1, 0.15) is 61.4 Å². The number of aliphatic imine (C=N–C) groups is 1. The molecule has 0 saturated heterocycles. The molecule has 0 radical (unpaired) electrons. The predicted molar refractivity (Wildman–Crippen MR) is 88.5 cm³/mol. The van der Waals surface area contributed by atoms with Crippen molar-refractivity contribution in [1.29, 1.82) is 0 Å². The van der Waals surface area contributed by atoms with Crippen LogP contribution < -0.4 is 0 Å². The highest BCUT2D eigenvalue weighted by molar-refractivity contribution is 5.94. The second kappa shape index (κ2) is 9.61. The van der Waals surface area contributed by atoms with Crippen LogP contribution in [0.4, 0.5) is 27.6 Å². The fraction of sp³-hybridized carbons (Fsp3) is 0.588. The molecule has 152 valence electrons. The smallest absolute Gasteiger partial charge is 0.434 e. The van der Waals surface area contributed by atoms with E-state index in [1.165, 1.54) is 13.8 Å². The first-order chi connectivity index (χ1) is 12.5. The molecule has 0 aliphatic carbocycles. The Balaban J connectivity index is 3.68. The largest absolute Gasteiger partial charge is 0.483 e. The van der Waals surface area contributed by atoms with Crippen LogP contribution in [0.2, 0.25) is 0 Å². The maximum Gasteiger partial charge on any atom is 0.434 e. The highest BCUT2D eigenvalue weighted by Gasteiger charge is 2.41. The number of nitrogens with zero attached hydrogens (tertiary/aromatic N) is 2. The Bertz CT molecular complexity index is 688. The van der Waals surface area contributed by atoms with Crippen molar-refractivity contribution in [1.82, 2.24) is 4.98 Å². The van der Waals surface area contributed by atoms with Gasteiger partial charge in [-0.1, -0.05) is 20.8 Å². The number of carbonyl (C=O) groups is 1. The summed E-state index contributed by atoms with van der Waals surface area (Å²) < 4.78 is 76.6. The Morgan fingerprint density at radius 3 is 2.33 bits per heavy atom. The van der Waals surface area contributed by atoms with Crippen LogP contribution in [0.25, 0.3) is 0 Å². The number of ether oxygens (including phenoxy) is 2. The minimum absolute atomic E-state index is 0.123. The van der Waals surface area contributed by atoms with E-state index in [1.807, 2.05) is 13.8 Å². The van der Waals surface area contributed by atoms with E-state index in [0.29, 0.717) is 0 Å². The molecule has 0 saturated carbocycles. The molecule has 1 aromatic rings. The van der Waals surface area contributed by atoms with Crippen molar-refractivity contribution in [2.45, 2.75) is 46.7 Å². The number of hydrogen-bond acceptors (Lipinski definition) is 5. The molecule has 27 heavy (non-hydrogen) atoms. The zero-order valence-electron chi connectivity index (χ0n) is 15.4. The molecule has 0 atom stereocenters. The minimum atomic E-state index is -5.12. The molecule has 0 unspecified atom stereocenters. The van der Waals surface area contributed by atoms with Gasteiger partial charge in [-0.2, -0.15) is 13.2 Å². The molecule has 0 N–H and O–H groups in total. The first-order valence-corrected chi connectivity index (χ1v) is 8.27. The van der Waals surface area contributed by atoms with Crippen LogP contribution >= 0.6 is 0 Å². The monoisotopic (exact) mass is 396 g/mol. The number of carbonyl (C=O) groups excluding carboxylic acids is 1. The molecule has 0 aliphatic rings. The van der Waals surface area contributed by atoms with Gasteiger partial charge in [0.15, 0.2) is 12.1 Å². The van der Waals surface area contributed by atoms with Crippen molar-refractivity contribution in [2.24, 2.45) is 10.9 Å². The summed E-state index contributed by atoms with van der Waals surface area (Å²) in [4.78, 5) is 18.9. The number of halogens is 5. The van der Waals surface area contributed by atoms with Crippen LogP contribution in [0.5, 0.6) is 0 Å². The van der Waals surface area contributed by atoms with Crippen molar-refractivity contribution < 1.29 is 36.2 Å². The fourth-order valence-electron chi connectivity index (χ4n) is 2.24. The number of esters is 1. The molecule has 5 nitrogen and oxygen atoms in total. The van der Waals surface area contributed by atoms with Gasteiger partial charge in [0, 0.05) is 0 Å². The standard InChI is InChI=1S/C17H21F5N2O3/c1-5-10-11(16(25)27-6-2)14(17(20,21)22)24-13(15(18)19)12(10)23-8-26-7-9(3)4/h8-9,15H,5-7H2,1-4H3. The summed E-state index contributed by atoms with van der Waals surface area (Å²) in [6.45, 7) is 6.56. The summed E-state index contributed by atoms with van der Waals surface area (Å²) in [5.41, 5.74) is -4.64. The number of hydrogen-bond donors (Lipinski definition) is 0. The molecular weight excluding hydrogens is 375 g/mol. The summed E-state index contributed by atoms with van der Waals surface area (Å²) in [7, 11) is 0. The van der Waals surface area contributed by atoms with Crippen LogP contribution in [0.3, 0.4) is 0 Å². The van der Waals surface area contributed by atoms with Gasteiger partial charge in [-0.25, -0.2) is 23.6 Å². The summed E-state index contributed by atoms with van der Waals surface area (Å²) in [5.74, 6) is -1.17. The Hall–Kier alpha value is -2.26. The number of pyridine rings is 1. The Morgan fingerprint density at radius 1 is 1.26 bits per heavy atom. The van der Waals surface area contributed by atoms with Gasteiger partial charge in [0.25, 0.3) is 6.43 Å². The molecular formula is C17H21F5N2O3. The van der Waals surface area contributed by atoms with Gasteiger partial charge in [-0.05, 0) is 24.8 Å². The maximum atomic E-state index is 13.4. The lowest BCUT2D eigenvalue weighted by Crippen LogP contribution is -2.21. The minimum Gasteiger partial charge on any atom is -0.483 e. The van der Waals surface area contributed by atoms with Gasteiger partial charge in [0.2, 0.25) is 0 Å². The Morgan fingerprint density at radius 2 is 1.89 bits per heavy atom. The van der Waals surface area contributed by atoms with Crippen LogP contribution in [-0.2, 0) is 22.1 Å². The third kappa shape index (κ3) is 5.86. The van der Waals surface area contributed by atoms with Crippen LogP contribution in [-0.4, -0.2) is 30.6 Å². The average molecular weight is 396 g/mol.